The number of aliphatic hydroxyl groups is 3. The maximum absolute atomic E-state index is 11.3. The molecule has 1 fully saturated rings. The van der Waals surface area contributed by atoms with Gasteiger partial charge in [-0.25, -0.2) is 4.18 Å². The first-order valence-corrected chi connectivity index (χ1v) is 6.51. The first-order chi connectivity index (χ1) is 8.53. The number of hydrogen-bond donors (Lipinski definition) is 5. The molecule has 1 rings (SSSR count). The van der Waals surface area contributed by atoms with Crippen molar-refractivity contribution in [2.24, 2.45) is 5.73 Å². The van der Waals surface area contributed by atoms with Gasteiger partial charge in [0, 0.05) is 6.92 Å². The van der Waals surface area contributed by atoms with Crippen molar-refractivity contribution in [1.29, 1.82) is 0 Å². The second-order valence-electron chi connectivity index (χ2n) is 4.10. The molecule has 0 aromatic rings. The lowest BCUT2D eigenvalue weighted by atomic mass is 9.89. The Labute approximate surface area is 108 Å². The van der Waals surface area contributed by atoms with Crippen molar-refractivity contribution in [2.45, 2.75) is 37.1 Å². The van der Waals surface area contributed by atoms with Crippen LogP contribution in [-0.4, -0.2) is 70.8 Å². The molecule has 0 aromatic heterocycles. The van der Waals surface area contributed by atoms with Crippen LogP contribution in [0.1, 0.15) is 6.92 Å². The Morgan fingerprint density at radius 3 is 2.42 bits per heavy atom. The molecule has 1 aliphatic rings. The maximum atomic E-state index is 11.3. The topological polar surface area (TPSA) is 177 Å². The van der Waals surface area contributed by atoms with Crippen LogP contribution in [0.25, 0.3) is 0 Å². The van der Waals surface area contributed by atoms with Gasteiger partial charge in [-0.2, -0.15) is 8.42 Å². The minimum absolute atomic E-state index is 0.889. The number of hydrogen-bond acceptors (Lipinski definition) is 9. The number of ketones is 1. The Morgan fingerprint density at radius 1 is 1.53 bits per heavy atom. The summed E-state index contributed by atoms with van der Waals surface area (Å²) in [5.74, 6) is -3.53. The Hall–Kier alpha value is -0.660. The minimum Gasteiger partial charge on any atom is -0.394 e. The first-order valence-electron chi connectivity index (χ1n) is 5.14. The fourth-order valence-corrected chi connectivity index (χ4v) is 2.27. The van der Waals surface area contributed by atoms with Gasteiger partial charge in [0.25, 0.3) is 0 Å². The average molecular weight is 301 g/mol. The molecule has 112 valence electrons. The summed E-state index contributed by atoms with van der Waals surface area (Å²) in [6.07, 6.45) is -5.22. The zero-order chi connectivity index (χ0) is 15.0. The van der Waals surface area contributed by atoms with Gasteiger partial charge in [0.15, 0.2) is 5.78 Å². The standard InChI is InChI=1S/C8H15NO9S/c1-3(11)8(13)7(9)5(12)6(4(2-10)17-8)18-19(14,15)16/h4-7,10,12-13H,2,9H2,1H3,(H,14,15,16)/t4-,5+,6-,7-,8?/m1/s1. The number of aliphatic hydroxyl groups excluding tert-OH is 2. The molecule has 1 saturated heterocycles. The van der Waals surface area contributed by atoms with E-state index in [0.29, 0.717) is 0 Å². The summed E-state index contributed by atoms with van der Waals surface area (Å²) in [7, 11) is -4.95. The van der Waals surface area contributed by atoms with Crippen molar-refractivity contribution in [3.8, 4) is 0 Å². The van der Waals surface area contributed by atoms with Gasteiger partial charge in [-0.1, -0.05) is 0 Å². The highest BCUT2D eigenvalue weighted by Crippen LogP contribution is 2.29. The van der Waals surface area contributed by atoms with Crippen LogP contribution in [-0.2, 0) is 24.1 Å². The van der Waals surface area contributed by atoms with Crippen LogP contribution in [0.3, 0.4) is 0 Å². The van der Waals surface area contributed by atoms with E-state index in [2.05, 4.69) is 4.18 Å². The van der Waals surface area contributed by atoms with Gasteiger partial charge in [0.05, 0.1) is 12.6 Å². The van der Waals surface area contributed by atoms with Crippen LogP contribution in [0.15, 0.2) is 0 Å². The minimum atomic E-state index is -4.95. The van der Waals surface area contributed by atoms with Crippen molar-refractivity contribution >= 4 is 16.2 Å². The van der Waals surface area contributed by atoms with E-state index in [1.807, 2.05) is 0 Å². The lowest BCUT2D eigenvalue weighted by Crippen LogP contribution is -2.71. The maximum Gasteiger partial charge on any atom is 0.397 e. The van der Waals surface area contributed by atoms with Crippen LogP contribution in [0.2, 0.25) is 0 Å². The number of nitrogens with two attached hydrogens (primary N) is 1. The fourth-order valence-electron chi connectivity index (χ4n) is 1.75. The van der Waals surface area contributed by atoms with Gasteiger partial charge in [0.2, 0.25) is 5.79 Å². The molecule has 5 atom stereocenters. The Bertz CT molecular complexity index is 449. The molecule has 10 nitrogen and oxygen atoms in total. The molecule has 0 spiro atoms. The van der Waals surface area contributed by atoms with E-state index in [-0.39, 0.29) is 0 Å². The second-order valence-corrected chi connectivity index (χ2v) is 5.14. The molecule has 0 bridgehead atoms. The molecule has 1 heterocycles. The summed E-state index contributed by atoms with van der Waals surface area (Å²) in [6.45, 7) is 0.0462. The van der Waals surface area contributed by atoms with Crippen molar-refractivity contribution < 1.29 is 42.0 Å². The molecule has 0 radical (unpaired) electrons. The molecule has 1 unspecified atom stereocenters. The smallest absolute Gasteiger partial charge is 0.394 e. The normalized spacial score (nSPS) is 40.1. The lowest BCUT2D eigenvalue weighted by Gasteiger charge is -2.45. The highest BCUT2D eigenvalue weighted by molar-refractivity contribution is 7.80. The van der Waals surface area contributed by atoms with Gasteiger partial charge in [-0.3, -0.25) is 9.35 Å². The summed E-state index contributed by atoms with van der Waals surface area (Å²) < 4.78 is 38.7. The van der Waals surface area contributed by atoms with E-state index in [9.17, 15) is 23.4 Å². The zero-order valence-corrected chi connectivity index (χ0v) is 10.6. The molecule has 0 aliphatic carbocycles. The van der Waals surface area contributed by atoms with E-state index in [1.54, 1.807) is 0 Å². The summed E-state index contributed by atoms with van der Waals surface area (Å²) in [5.41, 5.74) is 5.40. The fraction of sp³-hybridized carbons (Fsp3) is 0.875. The van der Waals surface area contributed by atoms with Crippen LogP contribution < -0.4 is 5.73 Å². The number of ether oxygens (including phenoxy) is 1. The van der Waals surface area contributed by atoms with Crippen molar-refractivity contribution in [1.82, 2.24) is 0 Å². The average Bonchev–Trinajstić information content (AvgIpc) is 2.28. The summed E-state index contributed by atoms with van der Waals surface area (Å²) in [6, 6.07) is -1.72. The third kappa shape index (κ3) is 3.27. The predicted octanol–water partition coefficient (Wildman–Crippen LogP) is -3.47. The first kappa shape index (κ1) is 16.4. The number of rotatable bonds is 4. The Balaban J connectivity index is 3.09. The van der Waals surface area contributed by atoms with E-state index in [0.717, 1.165) is 6.92 Å². The molecular weight excluding hydrogens is 286 g/mol. The summed E-state index contributed by atoms with van der Waals surface area (Å²) >= 11 is 0. The molecule has 0 saturated carbocycles. The van der Waals surface area contributed by atoms with Gasteiger partial charge >= 0.3 is 10.4 Å². The van der Waals surface area contributed by atoms with E-state index < -0.39 is 52.9 Å². The van der Waals surface area contributed by atoms with Crippen LogP contribution in [0.4, 0.5) is 0 Å². The number of carbonyl (C=O) groups is 1. The van der Waals surface area contributed by atoms with Crippen LogP contribution in [0, 0.1) is 0 Å². The van der Waals surface area contributed by atoms with E-state index in [4.69, 9.17) is 20.1 Å². The third-order valence-electron chi connectivity index (χ3n) is 2.77. The summed E-state index contributed by atoms with van der Waals surface area (Å²) in [5, 5.41) is 28.6. The van der Waals surface area contributed by atoms with Crippen LogP contribution >= 0.6 is 0 Å². The zero-order valence-electron chi connectivity index (χ0n) is 9.83. The molecule has 11 heteroatoms. The van der Waals surface area contributed by atoms with E-state index >= 15 is 0 Å². The Morgan fingerprint density at radius 2 is 2.05 bits per heavy atom. The van der Waals surface area contributed by atoms with Gasteiger partial charge in [-0.15, -0.1) is 0 Å². The molecule has 1 aliphatic heterocycles. The Kier molecular flexibility index (Phi) is 4.64. The quantitative estimate of drug-likeness (QED) is 0.328. The van der Waals surface area contributed by atoms with Gasteiger partial charge < -0.3 is 25.8 Å². The summed E-state index contributed by atoms with van der Waals surface area (Å²) in [4.78, 5) is 11.3. The molecule has 0 aromatic carbocycles. The SMILES string of the molecule is CC(=O)C1(O)O[C@H](CO)[C@@H](OS(=O)(=O)O)[C@H](O)[C@H]1N. The number of carbonyl (C=O) groups excluding carboxylic acids is 1. The monoisotopic (exact) mass is 301 g/mol. The lowest BCUT2D eigenvalue weighted by molar-refractivity contribution is -0.293. The van der Waals surface area contributed by atoms with E-state index in [1.165, 1.54) is 0 Å². The molecular formula is C8H15NO9S. The predicted molar refractivity (Wildman–Crippen MR) is 58.0 cm³/mol. The van der Waals surface area contributed by atoms with Crippen LogP contribution in [0.5, 0.6) is 0 Å². The van der Waals surface area contributed by atoms with Gasteiger partial charge in [-0.05, 0) is 0 Å². The molecule has 19 heavy (non-hydrogen) atoms. The largest absolute Gasteiger partial charge is 0.397 e. The van der Waals surface area contributed by atoms with Gasteiger partial charge in [0.1, 0.15) is 18.3 Å². The molecule has 0 amide bonds. The van der Waals surface area contributed by atoms with Crippen molar-refractivity contribution in [3.05, 3.63) is 0 Å². The van der Waals surface area contributed by atoms with Crippen molar-refractivity contribution in [2.75, 3.05) is 6.61 Å². The number of Topliss-reactive ketones (excluding diaryl/α,β-unsaturated/α-hetero) is 1. The second kappa shape index (κ2) is 5.38. The highest BCUT2D eigenvalue weighted by Gasteiger charge is 2.56. The molecule has 6 N–H and O–H groups in total. The highest BCUT2D eigenvalue weighted by atomic mass is 32.3. The third-order valence-corrected chi connectivity index (χ3v) is 3.24. The van der Waals surface area contributed by atoms with Crippen molar-refractivity contribution in [3.63, 3.8) is 0 Å².